The predicted octanol–water partition coefficient (Wildman–Crippen LogP) is 4.15. The van der Waals surface area contributed by atoms with Crippen LogP contribution in [0.4, 0.5) is 0 Å². The van der Waals surface area contributed by atoms with Gasteiger partial charge in [0.2, 0.25) is 0 Å². The van der Waals surface area contributed by atoms with Crippen LogP contribution in [0.2, 0.25) is 0 Å². The van der Waals surface area contributed by atoms with E-state index in [9.17, 15) is 4.21 Å². The van der Waals surface area contributed by atoms with Crippen molar-refractivity contribution in [3.63, 3.8) is 0 Å². The summed E-state index contributed by atoms with van der Waals surface area (Å²) in [6, 6.07) is 16.0. The summed E-state index contributed by atoms with van der Waals surface area (Å²) < 4.78 is 23.3. The second-order valence-corrected chi connectivity index (χ2v) is 8.56. The molecule has 32 heavy (non-hydrogen) atoms. The van der Waals surface area contributed by atoms with E-state index in [1.165, 1.54) is 5.56 Å². The van der Waals surface area contributed by atoms with E-state index in [0.717, 1.165) is 42.4 Å². The quantitative estimate of drug-likeness (QED) is 0.163. The van der Waals surface area contributed by atoms with Gasteiger partial charge in [-0.25, -0.2) is 0 Å². The molecule has 0 amide bonds. The van der Waals surface area contributed by atoms with Crippen molar-refractivity contribution in [2.24, 2.45) is 4.99 Å². The predicted molar refractivity (Wildman–Crippen MR) is 145 cm³/mol. The molecule has 6 nitrogen and oxygen atoms in total. The van der Waals surface area contributed by atoms with Gasteiger partial charge in [-0.05, 0) is 49.9 Å². The Kier molecular flexibility index (Phi) is 14.8. The molecule has 2 N–H and O–H groups in total. The fourth-order valence-corrected chi connectivity index (χ4v) is 4.11. The third-order valence-electron chi connectivity index (χ3n) is 4.56. The van der Waals surface area contributed by atoms with E-state index in [4.69, 9.17) is 9.47 Å². The van der Waals surface area contributed by atoms with E-state index in [2.05, 4.69) is 21.7 Å². The molecule has 0 aromatic heterocycles. The zero-order chi connectivity index (χ0) is 22.3. The number of aryl methyl sites for hydroxylation is 1. The van der Waals surface area contributed by atoms with Crippen molar-refractivity contribution in [3.8, 4) is 11.5 Å². The first-order chi connectivity index (χ1) is 15.2. The van der Waals surface area contributed by atoms with Gasteiger partial charge in [-0.15, -0.1) is 24.0 Å². The van der Waals surface area contributed by atoms with Crippen LogP contribution in [0.1, 0.15) is 31.4 Å². The molecule has 0 aliphatic heterocycles. The first kappa shape index (κ1) is 28.2. The van der Waals surface area contributed by atoms with Crippen LogP contribution in [0.15, 0.2) is 53.5 Å². The second kappa shape index (κ2) is 16.8. The summed E-state index contributed by atoms with van der Waals surface area (Å²) in [5.74, 6) is 3.48. The first-order valence-corrected chi connectivity index (χ1v) is 12.4. The molecule has 2 aromatic rings. The van der Waals surface area contributed by atoms with Crippen LogP contribution in [-0.2, 0) is 23.0 Å². The van der Waals surface area contributed by atoms with Gasteiger partial charge in [-0.2, -0.15) is 0 Å². The van der Waals surface area contributed by atoms with Gasteiger partial charge in [0.1, 0.15) is 0 Å². The Morgan fingerprint density at radius 3 is 2.50 bits per heavy atom. The van der Waals surface area contributed by atoms with Crippen molar-refractivity contribution >= 4 is 40.7 Å². The van der Waals surface area contributed by atoms with Gasteiger partial charge in [0, 0.05) is 41.9 Å². The Hall–Kier alpha value is -1.81. The molecule has 1 atom stereocenters. The average molecular weight is 574 g/mol. The lowest BCUT2D eigenvalue weighted by Gasteiger charge is -2.12. The van der Waals surface area contributed by atoms with E-state index >= 15 is 0 Å². The Bertz CT molecular complexity index is 834. The van der Waals surface area contributed by atoms with Crippen molar-refractivity contribution in [1.29, 1.82) is 0 Å². The summed E-state index contributed by atoms with van der Waals surface area (Å²) in [4.78, 5) is 4.64. The van der Waals surface area contributed by atoms with Gasteiger partial charge in [0.15, 0.2) is 17.5 Å². The lowest BCUT2D eigenvalue weighted by molar-refractivity contribution is 0.310. The van der Waals surface area contributed by atoms with Crippen molar-refractivity contribution in [2.45, 2.75) is 32.4 Å². The molecule has 1 unspecified atom stereocenters. The number of nitrogens with one attached hydrogen (secondary N) is 2. The number of hydrogen-bond acceptors (Lipinski definition) is 4. The Labute approximate surface area is 212 Å². The molecular weight excluding hydrogens is 537 g/mol. The molecule has 0 bridgehead atoms. The van der Waals surface area contributed by atoms with Crippen LogP contribution in [-0.4, -0.2) is 49.3 Å². The highest BCUT2D eigenvalue weighted by Gasteiger charge is 2.06. The highest BCUT2D eigenvalue weighted by molar-refractivity contribution is 14.0. The molecule has 2 rings (SSSR count). The molecule has 0 saturated heterocycles. The van der Waals surface area contributed by atoms with Gasteiger partial charge >= 0.3 is 0 Å². The highest BCUT2D eigenvalue weighted by atomic mass is 127. The minimum Gasteiger partial charge on any atom is -0.493 e. The maximum absolute atomic E-state index is 12.3. The fraction of sp³-hybridized carbons (Fsp3) is 0.458. The maximum Gasteiger partial charge on any atom is 0.191 e. The summed E-state index contributed by atoms with van der Waals surface area (Å²) in [5.41, 5.74) is 2.31. The number of aliphatic imine (C=N–C) groups is 1. The standard InChI is InChI=1S/C24H35N3O3S.HI/c1-4-25-24(27-16-17-31(28)19-21-10-7-6-8-11-21)26-15-9-12-20-13-14-22(29-3)23(18-20)30-5-2;/h6-8,10-11,13-14,18H,4-5,9,12,15-17,19H2,1-3H3,(H2,25,26,27);1H. The summed E-state index contributed by atoms with van der Waals surface area (Å²) in [5, 5.41) is 6.54. The molecule has 0 aliphatic rings. The summed E-state index contributed by atoms with van der Waals surface area (Å²) in [6.07, 6.45) is 1.84. The van der Waals surface area contributed by atoms with E-state index in [0.29, 0.717) is 31.2 Å². The van der Waals surface area contributed by atoms with Gasteiger partial charge in [0.25, 0.3) is 0 Å². The van der Waals surface area contributed by atoms with E-state index < -0.39 is 10.8 Å². The van der Waals surface area contributed by atoms with Crippen LogP contribution in [0, 0.1) is 0 Å². The SMILES string of the molecule is CCNC(=NCCCc1ccc(OC)c(OCC)c1)NCCS(=O)Cc1ccccc1.I. The van der Waals surface area contributed by atoms with Crippen molar-refractivity contribution in [1.82, 2.24) is 10.6 Å². The molecule has 0 spiro atoms. The van der Waals surface area contributed by atoms with Crippen molar-refractivity contribution < 1.29 is 13.7 Å². The lowest BCUT2D eigenvalue weighted by atomic mass is 10.1. The van der Waals surface area contributed by atoms with E-state index in [1.54, 1.807) is 7.11 Å². The molecule has 0 radical (unpaired) electrons. The van der Waals surface area contributed by atoms with E-state index in [-0.39, 0.29) is 24.0 Å². The number of hydrogen-bond donors (Lipinski definition) is 2. The maximum atomic E-state index is 12.3. The number of ether oxygens (including phenoxy) is 2. The Morgan fingerprint density at radius 1 is 1.03 bits per heavy atom. The molecule has 0 heterocycles. The van der Waals surface area contributed by atoms with Gasteiger partial charge in [-0.3, -0.25) is 9.20 Å². The topological polar surface area (TPSA) is 72.0 Å². The summed E-state index contributed by atoms with van der Waals surface area (Å²) in [7, 11) is 0.753. The zero-order valence-electron chi connectivity index (χ0n) is 19.3. The minimum absolute atomic E-state index is 0. The average Bonchev–Trinajstić information content (AvgIpc) is 2.77. The molecule has 8 heteroatoms. The highest BCUT2D eigenvalue weighted by Crippen LogP contribution is 2.28. The third-order valence-corrected chi connectivity index (χ3v) is 5.87. The molecular formula is C24H36IN3O3S. The van der Waals surface area contributed by atoms with Crippen molar-refractivity contribution in [3.05, 3.63) is 59.7 Å². The number of benzene rings is 2. The minimum atomic E-state index is -0.898. The third kappa shape index (κ3) is 10.7. The van der Waals surface area contributed by atoms with Gasteiger partial charge in [0.05, 0.1) is 13.7 Å². The number of nitrogens with zero attached hydrogens (tertiary/aromatic N) is 1. The van der Waals surface area contributed by atoms with Crippen molar-refractivity contribution in [2.75, 3.05) is 39.1 Å². The number of halogens is 1. The summed E-state index contributed by atoms with van der Waals surface area (Å²) >= 11 is 0. The Balaban J connectivity index is 0.00000512. The lowest BCUT2D eigenvalue weighted by Crippen LogP contribution is -2.39. The van der Waals surface area contributed by atoms with Crippen LogP contribution in [0.25, 0.3) is 0 Å². The largest absolute Gasteiger partial charge is 0.493 e. The zero-order valence-corrected chi connectivity index (χ0v) is 22.4. The van der Waals surface area contributed by atoms with E-state index in [1.807, 2.05) is 56.3 Å². The van der Waals surface area contributed by atoms with Crippen LogP contribution in [0.3, 0.4) is 0 Å². The van der Waals surface area contributed by atoms with Crippen LogP contribution >= 0.6 is 24.0 Å². The molecule has 0 saturated carbocycles. The van der Waals surface area contributed by atoms with Crippen LogP contribution in [0.5, 0.6) is 11.5 Å². The first-order valence-electron chi connectivity index (χ1n) is 10.9. The molecule has 0 aliphatic carbocycles. The smallest absolute Gasteiger partial charge is 0.191 e. The second-order valence-electron chi connectivity index (χ2n) is 6.98. The normalized spacial score (nSPS) is 11.9. The molecule has 2 aromatic carbocycles. The summed E-state index contributed by atoms with van der Waals surface area (Å²) in [6.45, 7) is 6.73. The monoisotopic (exact) mass is 573 g/mol. The fourth-order valence-electron chi connectivity index (χ4n) is 3.08. The van der Waals surface area contributed by atoms with Gasteiger partial charge < -0.3 is 20.1 Å². The molecule has 0 fully saturated rings. The van der Waals surface area contributed by atoms with Gasteiger partial charge in [-0.1, -0.05) is 36.4 Å². The Morgan fingerprint density at radius 2 is 1.81 bits per heavy atom. The van der Waals surface area contributed by atoms with Crippen LogP contribution < -0.4 is 20.1 Å². The number of guanidine groups is 1. The number of methoxy groups -OCH3 is 1. The molecule has 178 valence electrons. The number of rotatable bonds is 13.